The van der Waals surface area contributed by atoms with E-state index in [2.05, 4.69) is 290 Å². The fraction of sp³-hybridized carbons (Fsp3) is 0. The van der Waals surface area contributed by atoms with E-state index >= 15 is 0 Å². The molecule has 69 heavy (non-hydrogen) atoms. The molecular weight excluding hydrogens is 863 g/mol. The van der Waals surface area contributed by atoms with Gasteiger partial charge in [-0.2, -0.15) is 0 Å². The van der Waals surface area contributed by atoms with E-state index in [1.807, 2.05) is 0 Å². The first-order valence-corrected chi connectivity index (χ1v) is 28.0. The minimum absolute atomic E-state index is 1.15. The Morgan fingerprint density at radius 3 is 0.971 bits per heavy atom. The first kappa shape index (κ1) is 40.9. The fourth-order valence-corrected chi connectivity index (χ4v) is 21.6. The van der Waals surface area contributed by atoms with Crippen molar-refractivity contribution < 1.29 is 0 Å². The summed E-state index contributed by atoms with van der Waals surface area (Å²) >= 11 is 0. The van der Waals surface area contributed by atoms with E-state index in [4.69, 9.17) is 0 Å². The molecule has 0 aliphatic rings. The molecule has 13 aromatic rings. The Morgan fingerprint density at radius 1 is 0.203 bits per heavy atom. The lowest BCUT2D eigenvalue weighted by Gasteiger charge is -2.35. The summed E-state index contributed by atoms with van der Waals surface area (Å²) in [6.45, 7) is 0. The molecule has 0 saturated heterocycles. The van der Waals surface area contributed by atoms with Crippen molar-refractivity contribution in [3.05, 3.63) is 285 Å². The van der Waals surface area contributed by atoms with Crippen LogP contribution in [0.3, 0.4) is 0 Å². The van der Waals surface area contributed by atoms with Crippen molar-refractivity contribution in [2.24, 2.45) is 0 Å². The van der Waals surface area contributed by atoms with Crippen LogP contribution in [-0.2, 0) is 0 Å². The highest BCUT2D eigenvalue weighted by molar-refractivity contribution is 7.20. The smallest absolute Gasteiger partial charge is 0.179 e. The number of hydrogen-bond donors (Lipinski definition) is 0. The summed E-state index contributed by atoms with van der Waals surface area (Å²) in [6, 6.07) is 108. The van der Waals surface area contributed by atoms with Crippen molar-refractivity contribution in [3.63, 3.8) is 0 Å². The summed E-state index contributed by atoms with van der Waals surface area (Å²) in [5.74, 6) is 0. The van der Waals surface area contributed by atoms with Gasteiger partial charge in [-0.15, -0.1) is 0 Å². The first-order chi connectivity index (χ1) is 34.3. The normalized spacial score (nSPS) is 12.1. The van der Waals surface area contributed by atoms with Crippen LogP contribution in [0.15, 0.2) is 285 Å². The lowest BCUT2D eigenvalue weighted by Crippen LogP contribution is -2.74. The molecule has 0 aliphatic heterocycles. The van der Waals surface area contributed by atoms with Crippen molar-refractivity contribution in [3.8, 4) is 5.69 Å². The molecule has 1 aromatic heterocycles. The van der Waals surface area contributed by atoms with Gasteiger partial charge in [-0.05, 0) is 92.7 Å². The Bertz CT molecular complexity index is 3760. The highest BCUT2D eigenvalue weighted by Gasteiger charge is 2.43. The largest absolute Gasteiger partial charge is 0.309 e. The standard InChI is InChI=1S/C66H47NSi2/c1-7-25-49(26-8-1)68(50-27-9-2-10-28-50,51-29-11-3-12-30-51)55-37-23-24-48(46-55)67-63-44-42-56(69(52-31-13-4-14-32-52,53-33-15-5-16-34-53)54-35-17-6-18-36-54)47-62(63)66-64(67)45-43-61-59-40-20-19-38-57(59)58-39-21-22-41-60(58)65(61)66/h1-47H. The minimum Gasteiger partial charge on any atom is -0.309 e. The molecule has 0 atom stereocenters. The maximum atomic E-state index is 2.59. The van der Waals surface area contributed by atoms with Gasteiger partial charge in [0.15, 0.2) is 16.1 Å². The van der Waals surface area contributed by atoms with Gasteiger partial charge < -0.3 is 4.57 Å². The van der Waals surface area contributed by atoms with E-state index in [1.165, 1.54) is 95.6 Å². The molecule has 12 aromatic carbocycles. The van der Waals surface area contributed by atoms with Crippen LogP contribution in [0, 0.1) is 0 Å². The molecule has 1 nitrogen and oxygen atoms in total. The Hall–Kier alpha value is -8.35. The molecule has 0 fully saturated rings. The van der Waals surface area contributed by atoms with E-state index in [1.54, 1.807) is 0 Å². The van der Waals surface area contributed by atoms with Crippen LogP contribution >= 0.6 is 0 Å². The average molecular weight is 910 g/mol. The van der Waals surface area contributed by atoms with Gasteiger partial charge in [0.05, 0.1) is 11.0 Å². The van der Waals surface area contributed by atoms with Gasteiger partial charge in [-0.25, -0.2) is 0 Å². The van der Waals surface area contributed by atoms with Gasteiger partial charge in [-0.3, -0.25) is 0 Å². The Morgan fingerprint density at radius 2 is 0.536 bits per heavy atom. The summed E-state index contributed by atoms with van der Waals surface area (Å²) in [4.78, 5) is 0. The molecule has 324 valence electrons. The first-order valence-electron chi connectivity index (χ1n) is 24.0. The third-order valence-electron chi connectivity index (χ3n) is 14.8. The van der Waals surface area contributed by atoms with Crippen LogP contribution in [0.2, 0.25) is 0 Å². The number of rotatable bonds is 9. The van der Waals surface area contributed by atoms with Gasteiger partial charge >= 0.3 is 0 Å². The molecule has 0 spiro atoms. The van der Waals surface area contributed by atoms with E-state index in [0.717, 1.165) is 5.69 Å². The lowest BCUT2D eigenvalue weighted by atomic mass is 9.92. The highest BCUT2D eigenvalue weighted by Crippen LogP contribution is 2.43. The average Bonchev–Trinajstić information content (AvgIpc) is 3.77. The zero-order chi connectivity index (χ0) is 45.8. The Labute approximate surface area is 404 Å². The van der Waals surface area contributed by atoms with Crippen molar-refractivity contribution in [2.75, 3.05) is 0 Å². The summed E-state index contributed by atoms with van der Waals surface area (Å²) in [5.41, 5.74) is 3.55. The predicted octanol–water partition coefficient (Wildman–Crippen LogP) is 11.0. The summed E-state index contributed by atoms with van der Waals surface area (Å²) in [6.07, 6.45) is 0. The SMILES string of the molecule is c1ccc([Si](c2ccccc2)(c2ccccc2)c2cccc(-n3c4ccc([Si](c5ccccc5)(c5ccccc5)c5ccccc5)cc4c4c5c6ccccc6c6ccccc6c5ccc43)c2)cc1. The summed E-state index contributed by atoms with van der Waals surface area (Å²) in [5, 5.41) is 21.1. The highest BCUT2D eigenvalue weighted by atomic mass is 28.3. The maximum Gasteiger partial charge on any atom is 0.179 e. The van der Waals surface area contributed by atoms with Crippen molar-refractivity contribution >= 4 is 112 Å². The number of aromatic nitrogens is 1. The molecule has 1 heterocycles. The zero-order valence-corrected chi connectivity index (χ0v) is 40.1. The third kappa shape index (κ3) is 6.28. The van der Waals surface area contributed by atoms with Crippen LogP contribution in [0.5, 0.6) is 0 Å². The molecule has 3 heteroatoms. The molecule has 0 N–H and O–H groups in total. The van der Waals surface area contributed by atoms with Crippen LogP contribution in [0.4, 0.5) is 0 Å². The second kappa shape index (κ2) is 16.8. The van der Waals surface area contributed by atoms with E-state index in [0.29, 0.717) is 0 Å². The van der Waals surface area contributed by atoms with Crippen LogP contribution in [0.1, 0.15) is 0 Å². The van der Waals surface area contributed by atoms with Crippen LogP contribution in [0.25, 0.3) is 59.8 Å². The molecule has 0 saturated carbocycles. The Kier molecular flexibility index (Phi) is 9.93. The number of fused-ring (bicyclic) bond motifs is 10. The van der Waals surface area contributed by atoms with Crippen molar-refractivity contribution in [1.29, 1.82) is 0 Å². The third-order valence-corrected chi connectivity index (χ3v) is 24.4. The molecule has 0 radical (unpaired) electrons. The van der Waals surface area contributed by atoms with Crippen LogP contribution < -0.4 is 41.5 Å². The van der Waals surface area contributed by atoms with E-state index in [-0.39, 0.29) is 0 Å². The number of benzene rings is 12. The molecule has 0 unspecified atom stereocenters. The topological polar surface area (TPSA) is 4.93 Å². The fourth-order valence-electron chi connectivity index (χ4n) is 12.0. The molecule has 0 amide bonds. The molecular formula is C66H47NSi2. The Balaban J connectivity index is 1.18. The van der Waals surface area contributed by atoms with Gasteiger partial charge in [0.1, 0.15) is 0 Å². The second-order valence-electron chi connectivity index (χ2n) is 18.3. The minimum atomic E-state index is -2.89. The predicted molar refractivity (Wildman–Crippen MR) is 301 cm³/mol. The molecule has 13 rings (SSSR count). The van der Waals surface area contributed by atoms with Crippen molar-refractivity contribution in [1.82, 2.24) is 4.57 Å². The van der Waals surface area contributed by atoms with Gasteiger partial charge in [0.25, 0.3) is 0 Å². The number of nitrogens with zero attached hydrogens (tertiary/aromatic N) is 1. The maximum absolute atomic E-state index is 2.89. The monoisotopic (exact) mass is 909 g/mol. The summed E-state index contributed by atoms with van der Waals surface area (Å²) < 4.78 is 2.57. The van der Waals surface area contributed by atoms with Gasteiger partial charge in [0, 0.05) is 21.8 Å². The van der Waals surface area contributed by atoms with Gasteiger partial charge in [-0.1, -0.05) is 261 Å². The van der Waals surface area contributed by atoms with Gasteiger partial charge in [0.2, 0.25) is 0 Å². The number of hydrogen-bond acceptors (Lipinski definition) is 0. The lowest BCUT2D eigenvalue weighted by molar-refractivity contribution is 1.18. The van der Waals surface area contributed by atoms with Crippen molar-refractivity contribution in [2.45, 2.75) is 0 Å². The molecule has 0 bridgehead atoms. The zero-order valence-electron chi connectivity index (χ0n) is 38.1. The molecule has 0 aliphatic carbocycles. The summed E-state index contributed by atoms with van der Waals surface area (Å²) in [7, 11) is -5.73. The van der Waals surface area contributed by atoms with E-state index in [9.17, 15) is 0 Å². The second-order valence-corrected chi connectivity index (χ2v) is 25.9. The van der Waals surface area contributed by atoms with Crippen LogP contribution in [-0.4, -0.2) is 20.7 Å². The quantitative estimate of drug-likeness (QED) is 0.0773. The van der Waals surface area contributed by atoms with E-state index < -0.39 is 16.1 Å².